The number of hydrogen-bond donors (Lipinski definition) is 0. The molecule has 26 heavy (non-hydrogen) atoms. The number of para-hydroxylation sites is 2. The number of benzene rings is 3. The molecule has 0 fully saturated rings. The third-order valence-corrected chi connectivity index (χ3v) is 4.11. The van der Waals surface area contributed by atoms with E-state index in [-0.39, 0.29) is 5.97 Å². The molecule has 0 saturated heterocycles. The molecule has 0 aliphatic heterocycles. The quantitative estimate of drug-likeness (QED) is 0.441. The van der Waals surface area contributed by atoms with Crippen molar-refractivity contribution in [2.24, 2.45) is 0 Å². The van der Waals surface area contributed by atoms with Gasteiger partial charge in [-0.15, -0.1) is 0 Å². The molecular formula is C23H22O3. The molecule has 0 aromatic heterocycles. The fourth-order valence-electron chi connectivity index (χ4n) is 2.83. The van der Waals surface area contributed by atoms with Gasteiger partial charge in [0.25, 0.3) is 0 Å². The summed E-state index contributed by atoms with van der Waals surface area (Å²) in [6.45, 7) is 2.42. The van der Waals surface area contributed by atoms with Gasteiger partial charge in [-0.2, -0.15) is 0 Å². The van der Waals surface area contributed by atoms with E-state index < -0.39 is 0 Å². The summed E-state index contributed by atoms with van der Waals surface area (Å²) in [6, 6.07) is 25.1. The fourth-order valence-corrected chi connectivity index (χ4v) is 2.83. The van der Waals surface area contributed by atoms with Gasteiger partial charge in [0, 0.05) is 0 Å². The van der Waals surface area contributed by atoms with Crippen LogP contribution < -0.4 is 9.47 Å². The van der Waals surface area contributed by atoms with Crippen molar-refractivity contribution in [1.29, 1.82) is 0 Å². The third-order valence-electron chi connectivity index (χ3n) is 4.11. The van der Waals surface area contributed by atoms with Crippen molar-refractivity contribution in [3.8, 4) is 11.5 Å². The molecule has 0 spiro atoms. The van der Waals surface area contributed by atoms with Crippen LogP contribution in [-0.4, -0.2) is 12.6 Å². The maximum Gasteiger partial charge on any atom is 0.343 e. The second-order valence-electron chi connectivity index (χ2n) is 5.91. The molecule has 0 atom stereocenters. The van der Waals surface area contributed by atoms with E-state index in [0.29, 0.717) is 23.7 Å². The van der Waals surface area contributed by atoms with Crippen LogP contribution in [0.5, 0.6) is 11.5 Å². The highest BCUT2D eigenvalue weighted by Gasteiger charge is 2.15. The normalized spacial score (nSPS) is 10.3. The van der Waals surface area contributed by atoms with Crippen molar-refractivity contribution in [1.82, 2.24) is 0 Å². The van der Waals surface area contributed by atoms with Crippen LogP contribution in [0, 0.1) is 0 Å². The molecule has 3 nitrogen and oxygen atoms in total. The Morgan fingerprint density at radius 3 is 2.19 bits per heavy atom. The topological polar surface area (TPSA) is 35.5 Å². The molecule has 3 aromatic carbocycles. The lowest BCUT2D eigenvalue weighted by Crippen LogP contribution is -2.12. The number of carbonyl (C=O) groups excluding carboxylic acids is 1. The van der Waals surface area contributed by atoms with E-state index in [2.05, 4.69) is 12.1 Å². The van der Waals surface area contributed by atoms with Gasteiger partial charge in [-0.3, -0.25) is 0 Å². The lowest BCUT2D eigenvalue weighted by Gasteiger charge is -2.12. The molecule has 0 N–H and O–H groups in total. The number of carbonyl (C=O) groups is 1. The van der Waals surface area contributed by atoms with E-state index in [9.17, 15) is 4.79 Å². The summed E-state index contributed by atoms with van der Waals surface area (Å²) < 4.78 is 11.1. The molecule has 3 heteroatoms. The number of aryl methyl sites for hydroxylation is 2. The SMILES string of the molecule is CCOc1ccccc1OC(=O)c1ccccc1CCc1ccccc1. The number of rotatable bonds is 7. The first-order valence-electron chi connectivity index (χ1n) is 8.83. The van der Waals surface area contributed by atoms with Crippen LogP contribution in [0.25, 0.3) is 0 Å². The predicted molar refractivity (Wildman–Crippen MR) is 103 cm³/mol. The van der Waals surface area contributed by atoms with Crippen LogP contribution in [0.1, 0.15) is 28.4 Å². The first-order valence-corrected chi connectivity index (χ1v) is 8.83. The van der Waals surface area contributed by atoms with Gasteiger partial charge in [0.2, 0.25) is 0 Å². The first-order chi connectivity index (χ1) is 12.8. The van der Waals surface area contributed by atoms with Gasteiger partial charge in [-0.1, -0.05) is 60.7 Å². The number of hydrogen-bond acceptors (Lipinski definition) is 3. The fraction of sp³-hybridized carbons (Fsp3) is 0.174. The van der Waals surface area contributed by atoms with E-state index in [1.807, 2.05) is 61.5 Å². The maximum atomic E-state index is 12.7. The largest absolute Gasteiger partial charge is 0.490 e. The summed E-state index contributed by atoms with van der Waals surface area (Å²) in [5, 5.41) is 0. The average Bonchev–Trinajstić information content (AvgIpc) is 2.69. The second kappa shape index (κ2) is 8.86. The maximum absolute atomic E-state index is 12.7. The van der Waals surface area contributed by atoms with Gasteiger partial charge in [0.15, 0.2) is 11.5 Å². The Kier molecular flexibility index (Phi) is 6.05. The minimum Gasteiger partial charge on any atom is -0.490 e. The van der Waals surface area contributed by atoms with Crippen molar-refractivity contribution in [3.63, 3.8) is 0 Å². The summed E-state index contributed by atoms with van der Waals surface area (Å²) in [5.74, 6) is 0.656. The average molecular weight is 346 g/mol. The Balaban J connectivity index is 1.76. The number of ether oxygens (including phenoxy) is 2. The zero-order valence-electron chi connectivity index (χ0n) is 14.9. The molecule has 0 amide bonds. The molecule has 3 aromatic rings. The van der Waals surface area contributed by atoms with Crippen LogP contribution in [0.2, 0.25) is 0 Å². The predicted octanol–water partition coefficient (Wildman–Crippen LogP) is 5.09. The summed E-state index contributed by atoms with van der Waals surface area (Å²) in [7, 11) is 0. The Hall–Kier alpha value is -3.07. The lowest BCUT2D eigenvalue weighted by atomic mass is 10.00. The van der Waals surface area contributed by atoms with Crippen molar-refractivity contribution in [2.45, 2.75) is 19.8 Å². The van der Waals surface area contributed by atoms with Gasteiger partial charge in [-0.25, -0.2) is 4.79 Å². The van der Waals surface area contributed by atoms with Crippen LogP contribution in [-0.2, 0) is 12.8 Å². The highest BCUT2D eigenvalue weighted by molar-refractivity contribution is 5.93. The smallest absolute Gasteiger partial charge is 0.343 e. The Morgan fingerprint density at radius 2 is 1.42 bits per heavy atom. The molecule has 0 aliphatic rings. The lowest BCUT2D eigenvalue weighted by molar-refractivity contribution is 0.0727. The number of esters is 1. The van der Waals surface area contributed by atoms with Gasteiger partial charge in [0.05, 0.1) is 12.2 Å². The van der Waals surface area contributed by atoms with Crippen molar-refractivity contribution < 1.29 is 14.3 Å². The first kappa shape index (κ1) is 17.7. The van der Waals surface area contributed by atoms with Crippen molar-refractivity contribution in [3.05, 3.63) is 95.6 Å². The molecule has 0 unspecified atom stereocenters. The summed E-state index contributed by atoms with van der Waals surface area (Å²) in [5.41, 5.74) is 2.82. The molecule has 132 valence electrons. The summed E-state index contributed by atoms with van der Waals surface area (Å²) in [6.07, 6.45) is 1.66. The molecule has 0 saturated carbocycles. The monoisotopic (exact) mass is 346 g/mol. The van der Waals surface area contributed by atoms with Gasteiger partial charge in [-0.05, 0) is 49.1 Å². The molecule has 0 heterocycles. The van der Waals surface area contributed by atoms with Crippen molar-refractivity contribution >= 4 is 5.97 Å². The van der Waals surface area contributed by atoms with Crippen LogP contribution in [0.3, 0.4) is 0 Å². The minimum atomic E-state index is -0.360. The van der Waals surface area contributed by atoms with Gasteiger partial charge < -0.3 is 9.47 Å². The van der Waals surface area contributed by atoms with Crippen LogP contribution >= 0.6 is 0 Å². The molecule has 0 radical (unpaired) electrons. The second-order valence-corrected chi connectivity index (χ2v) is 5.91. The highest BCUT2D eigenvalue weighted by Crippen LogP contribution is 2.27. The minimum absolute atomic E-state index is 0.360. The molecule has 3 rings (SSSR count). The van der Waals surface area contributed by atoms with Crippen LogP contribution in [0.4, 0.5) is 0 Å². The summed E-state index contributed by atoms with van der Waals surface area (Å²) in [4.78, 5) is 12.7. The van der Waals surface area contributed by atoms with Crippen molar-refractivity contribution in [2.75, 3.05) is 6.61 Å². The van der Waals surface area contributed by atoms with E-state index >= 15 is 0 Å². The highest BCUT2D eigenvalue weighted by atomic mass is 16.6. The Morgan fingerprint density at radius 1 is 0.769 bits per heavy atom. The summed E-state index contributed by atoms with van der Waals surface area (Å²) >= 11 is 0. The Labute approximate surface area is 154 Å². The van der Waals surface area contributed by atoms with E-state index in [4.69, 9.17) is 9.47 Å². The van der Waals surface area contributed by atoms with E-state index in [1.54, 1.807) is 12.1 Å². The van der Waals surface area contributed by atoms with E-state index in [0.717, 1.165) is 18.4 Å². The zero-order chi connectivity index (χ0) is 18.2. The third kappa shape index (κ3) is 4.51. The molecular weight excluding hydrogens is 324 g/mol. The molecule has 0 aliphatic carbocycles. The molecule has 0 bridgehead atoms. The van der Waals surface area contributed by atoms with E-state index in [1.165, 1.54) is 5.56 Å². The standard InChI is InChI=1S/C23H22O3/c1-2-25-21-14-8-9-15-22(21)26-23(24)20-13-7-6-12-19(20)17-16-18-10-4-3-5-11-18/h3-15H,2,16-17H2,1H3. The van der Waals surface area contributed by atoms with Crippen LogP contribution in [0.15, 0.2) is 78.9 Å². The van der Waals surface area contributed by atoms with Gasteiger partial charge >= 0.3 is 5.97 Å². The van der Waals surface area contributed by atoms with Gasteiger partial charge in [0.1, 0.15) is 0 Å². The Bertz CT molecular complexity index is 856. The zero-order valence-corrected chi connectivity index (χ0v) is 14.9.